The second-order valence-electron chi connectivity index (χ2n) is 3.46. The van der Waals surface area contributed by atoms with E-state index in [1.807, 2.05) is 0 Å². The minimum atomic E-state index is 0.0749. The molecular formula is C10H16N2O. The third-order valence-corrected chi connectivity index (χ3v) is 2.66. The molecule has 1 aliphatic rings. The smallest absolute Gasteiger partial charge is 0.224 e. The fourth-order valence-electron chi connectivity index (χ4n) is 1.93. The lowest BCUT2D eigenvalue weighted by Gasteiger charge is -2.16. The van der Waals surface area contributed by atoms with Crippen molar-refractivity contribution in [3.63, 3.8) is 0 Å². The number of rotatable bonds is 3. The van der Waals surface area contributed by atoms with E-state index >= 15 is 0 Å². The topological polar surface area (TPSA) is 55.1 Å². The monoisotopic (exact) mass is 180 g/mol. The van der Waals surface area contributed by atoms with Crippen LogP contribution >= 0.6 is 0 Å². The Hall–Kier alpha value is -1.01. The Balaban J connectivity index is 2.41. The van der Waals surface area contributed by atoms with Gasteiger partial charge in [-0.05, 0) is 25.3 Å². The highest BCUT2D eigenvalue weighted by molar-refractivity contribution is 5.79. The summed E-state index contributed by atoms with van der Waals surface area (Å²) in [5.41, 5.74) is 5.57. The first kappa shape index (κ1) is 10.1. The van der Waals surface area contributed by atoms with Crippen LogP contribution < -0.4 is 11.1 Å². The molecule has 0 spiro atoms. The molecular weight excluding hydrogens is 164 g/mol. The minimum Gasteiger partial charge on any atom is -0.345 e. The molecule has 13 heavy (non-hydrogen) atoms. The van der Waals surface area contributed by atoms with Gasteiger partial charge >= 0.3 is 0 Å². The largest absolute Gasteiger partial charge is 0.345 e. The molecule has 0 aromatic heterocycles. The second kappa shape index (κ2) is 4.88. The zero-order valence-corrected chi connectivity index (χ0v) is 7.75. The van der Waals surface area contributed by atoms with Gasteiger partial charge in [-0.25, -0.2) is 0 Å². The quantitative estimate of drug-likeness (QED) is 0.606. The Bertz CT molecular complexity index is 219. The number of nitrogens with one attached hydrogen (secondary N) is 1. The van der Waals surface area contributed by atoms with Crippen molar-refractivity contribution < 1.29 is 4.79 Å². The number of nitrogens with two attached hydrogens (primary N) is 1. The number of carbonyl (C=O) groups is 1. The molecule has 2 atom stereocenters. The van der Waals surface area contributed by atoms with Crippen molar-refractivity contribution in [2.45, 2.75) is 19.3 Å². The van der Waals surface area contributed by atoms with Gasteiger partial charge in [0.15, 0.2) is 0 Å². The average molecular weight is 180 g/mol. The Morgan fingerprint density at radius 2 is 2.38 bits per heavy atom. The summed E-state index contributed by atoms with van der Waals surface area (Å²) < 4.78 is 0. The predicted octanol–water partition coefficient (Wildman–Crippen LogP) is 0.111. The summed E-state index contributed by atoms with van der Waals surface area (Å²) in [6.45, 7) is 0.931. The zero-order chi connectivity index (χ0) is 9.68. The maximum Gasteiger partial charge on any atom is 0.224 e. The number of terminal acetylenes is 1. The van der Waals surface area contributed by atoms with E-state index in [9.17, 15) is 4.79 Å². The summed E-state index contributed by atoms with van der Waals surface area (Å²) >= 11 is 0. The predicted molar refractivity (Wildman–Crippen MR) is 51.7 cm³/mol. The highest BCUT2D eigenvalue weighted by Crippen LogP contribution is 2.30. The first-order valence-electron chi connectivity index (χ1n) is 4.70. The van der Waals surface area contributed by atoms with Gasteiger partial charge in [-0.2, -0.15) is 0 Å². The van der Waals surface area contributed by atoms with Crippen molar-refractivity contribution in [2.24, 2.45) is 17.6 Å². The van der Waals surface area contributed by atoms with Gasteiger partial charge in [0.25, 0.3) is 0 Å². The lowest BCUT2D eigenvalue weighted by molar-refractivity contribution is -0.125. The summed E-state index contributed by atoms with van der Waals surface area (Å²) in [6.07, 6.45) is 8.19. The molecule has 1 saturated carbocycles. The molecule has 0 heterocycles. The normalized spacial score (nSPS) is 26.8. The van der Waals surface area contributed by atoms with Crippen LogP contribution in [0.15, 0.2) is 0 Å². The van der Waals surface area contributed by atoms with Gasteiger partial charge < -0.3 is 11.1 Å². The van der Waals surface area contributed by atoms with Crippen LogP contribution in [0, 0.1) is 24.2 Å². The van der Waals surface area contributed by atoms with E-state index in [1.54, 1.807) is 0 Å². The van der Waals surface area contributed by atoms with Crippen molar-refractivity contribution >= 4 is 5.91 Å². The average Bonchev–Trinajstić information content (AvgIpc) is 2.61. The van der Waals surface area contributed by atoms with E-state index < -0.39 is 0 Å². The molecule has 3 heteroatoms. The van der Waals surface area contributed by atoms with E-state index in [4.69, 9.17) is 12.2 Å². The number of amides is 1. The van der Waals surface area contributed by atoms with Crippen LogP contribution in [-0.4, -0.2) is 19.0 Å². The Morgan fingerprint density at radius 1 is 1.62 bits per heavy atom. The highest BCUT2D eigenvalue weighted by Gasteiger charge is 2.31. The molecule has 0 saturated heterocycles. The molecule has 0 aliphatic heterocycles. The first-order valence-corrected chi connectivity index (χ1v) is 4.70. The molecule has 3 nitrogen and oxygen atoms in total. The molecule has 0 bridgehead atoms. The van der Waals surface area contributed by atoms with Gasteiger partial charge in [-0.3, -0.25) is 4.79 Å². The van der Waals surface area contributed by atoms with Crippen LogP contribution in [0.5, 0.6) is 0 Å². The van der Waals surface area contributed by atoms with E-state index in [2.05, 4.69) is 11.2 Å². The molecule has 1 fully saturated rings. The van der Waals surface area contributed by atoms with Crippen molar-refractivity contribution in [1.29, 1.82) is 0 Å². The molecule has 72 valence electrons. The van der Waals surface area contributed by atoms with E-state index in [0.717, 1.165) is 19.3 Å². The zero-order valence-electron chi connectivity index (χ0n) is 7.75. The van der Waals surface area contributed by atoms with Gasteiger partial charge in [-0.1, -0.05) is 12.3 Å². The van der Waals surface area contributed by atoms with E-state index in [1.165, 1.54) is 0 Å². The van der Waals surface area contributed by atoms with Crippen LogP contribution in [0.3, 0.4) is 0 Å². The summed E-state index contributed by atoms with van der Waals surface area (Å²) in [5.74, 6) is 2.92. The molecule has 0 aromatic carbocycles. The summed E-state index contributed by atoms with van der Waals surface area (Å²) in [5, 5.41) is 2.71. The van der Waals surface area contributed by atoms with Gasteiger partial charge in [0.2, 0.25) is 5.91 Å². The van der Waals surface area contributed by atoms with E-state index in [0.29, 0.717) is 19.0 Å². The summed E-state index contributed by atoms with van der Waals surface area (Å²) in [7, 11) is 0. The third-order valence-electron chi connectivity index (χ3n) is 2.66. The highest BCUT2D eigenvalue weighted by atomic mass is 16.1. The molecule has 0 radical (unpaired) electrons. The Morgan fingerprint density at radius 3 is 3.00 bits per heavy atom. The van der Waals surface area contributed by atoms with Crippen LogP contribution in [0.4, 0.5) is 0 Å². The molecule has 2 unspecified atom stereocenters. The molecule has 1 rings (SSSR count). The van der Waals surface area contributed by atoms with Crippen molar-refractivity contribution in [2.75, 3.05) is 13.1 Å². The second-order valence-corrected chi connectivity index (χ2v) is 3.46. The third kappa shape index (κ3) is 2.46. The number of hydrogen-bond acceptors (Lipinski definition) is 2. The molecule has 3 N–H and O–H groups in total. The van der Waals surface area contributed by atoms with Crippen LogP contribution in [0.1, 0.15) is 19.3 Å². The minimum absolute atomic E-state index is 0.0749. The van der Waals surface area contributed by atoms with Crippen LogP contribution in [0.2, 0.25) is 0 Å². The van der Waals surface area contributed by atoms with Gasteiger partial charge in [0.05, 0.1) is 6.54 Å². The molecule has 1 amide bonds. The first-order chi connectivity index (χ1) is 6.29. The van der Waals surface area contributed by atoms with Crippen molar-refractivity contribution in [3.8, 4) is 12.3 Å². The number of carbonyl (C=O) groups excluding carboxylic acids is 1. The van der Waals surface area contributed by atoms with Crippen molar-refractivity contribution in [3.05, 3.63) is 0 Å². The molecule has 0 aromatic rings. The Kier molecular flexibility index (Phi) is 3.78. The summed E-state index contributed by atoms with van der Waals surface area (Å²) in [4.78, 5) is 11.5. The maximum absolute atomic E-state index is 11.5. The lowest BCUT2D eigenvalue weighted by atomic mass is 9.95. The fourth-order valence-corrected chi connectivity index (χ4v) is 1.93. The maximum atomic E-state index is 11.5. The van der Waals surface area contributed by atoms with Gasteiger partial charge in [-0.15, -0.1) is 6.42 Å². The fraction of sp³-hybridized carbons (Fsp3) is 0.700. The standard InChI is InChI=1S/C10H16N2O/c1-2-6-12-10(13)9-5-3-4-8(9)7-11/h1,8-9H,3-7,11H2,(H,12,13). The van der Waals surface area contributed by atoms with Gasteiger partial charge in [0, 0.05) is 5.92 Å². The Labute approximate surface area is 79.1 Å². The van der Waals surface area contributed by atoms with Crippen molar-refractivity contribution in [1.82, 2.24) is 5.32 Å². The van der Waals surface area contributed by atoms with E-state index in [-0.39, 0.29) is 11.8 Å². The van der Waals surface area contributed by atoms with Crippen LogP contribution in [0.25, 0.3) is 0 Å². The lowest BCUT2D eigenvalue weighted by Crippen LogP contribution is -2.35. The summed E-state index contributed by atoms with van der Waals surface area (Å²) in [6, 6.07) is 0. The molecule has 1 aliphatic carbocycles. The van der Waals surface area contributed by atoms with Gasteiger partial charge in [0.1, 0.15) is 0 Å². The SMILES string of the molecule is C#CCNC(=O)C1CCCC1CN. The van der Waals surface area contributed by atoms with Crippen LogP contribution in [-0.2, 0) is 4.79 Å². The number of hydrogen-bond donors (Lipinski definition) is 2.